The van der Waals surface area contributed by atoms with E-state index < -0.39 is 0 Å². The first-order valence-electron chi connectivity index (χ1n) is 9.76. The van der Waals surface area contributed by atoms with Gasteiger partial charge in [0.1, 0.15) is 5.75 Å². The van der Waals surface area contributed by atoms with E-state index in [0.29, 0.717) is 0 Å². The lowest BCUT2D eigenvalue weighted by Crippen LogP contribution is -2.24. The Balaban J connectivity index is 1.65. The van der Waals surface area contributed by atoms with E-state index in [1.165, 1.54) is 32.5 Å². The van der Waals surface area contributed by atoms with Crippen LogP contribution in [0.25, 0.3) is 21.2 Å². The molecule has 0 N–H and O–H groups in total. The van der Waals surface area contributed by atoms with Gasteiger partial charge in [0.25, 0.3) is 0 Å². The van der Waals surface area contributed by atoms with Gasteiger partial charge in [0.2, 0.25) is 0 Å². The van der Waals surface area contributed by atoms with Crippen LogP contribution in [0.15, 0.2) is 46.9 Å². The zero-order valence-electron chi connectivity index (χ0n) is 16.4. The Morgan fingerprint density at radius 2 is 1.74 bits per heavy atom. The summed E-state index contributed by atoms with van der Waals surface area (Å²) in [4.78, 5) is 3.81. The van der Waals surface area contributed by atoms with Crippen LogP contribution in [0.3, 0.4) is 0 Å². The number of aryl methyl sites for hydroxylation is 1. The monoisotopic (exact) mass is 445 g/mol. The van der Waals surface area contributed by atoms with Gasteiger partial charge in [-0.1, -0.05) is 41.9 Å². The zero-order chi connectivity index (χ0) is 19.2. The van der Waals surface area contributed by atoms with Gasteiger partial charge in [-0.15, -0.1) is 11.3 Å². The van der Waals surface area contributed by atoms with E-state index in [4.69, 9.17) is 4.74 Å². The number of hydrogen-bond donors (Lipinski definition) is 0. The molecule has 4 heteroatoms. The van der Waals surface area contributed by atoms with Crippen LogP contribution >= 0.6 is 27.3 Å². The third-order valence-electron chi connectivity index (χ3n) is 5.00. The molecule has 0 amide bonds. The Labute approximate surface area is 175 Å². The minimum Gasteiger partial charge on any atom is -0.494 e. The average molecular weight is 446 g/mol. The number of nitrogens with zero attached hydrogens (tertiary/aromatic N) is 1. The highest BCUT2D eigenvalue weighted by Gasteiger charge is 2.12. The van der Waals surface area contributed by atoms with Crippen molar-refractivity contribution < 1.29 is 4.74 Å². The molecule has 2 nitrogen and oxygen atoms in total. The first-order valence-corrected chi connectivity index (χ1v) is 11.4. The van der Waals surface area contributed by atoms with Gasteiger partial charge >= 0.3 is 0 Å². The highest BCUT2D eigenvalue weighted by molar-refractivity contribution is 9.10. The van der Waals surface area contributed by atoms with Crippen molar-refractivity contribution in [2.75, 3.05) is 26.2 Å². The standard InChI is InChI=1S/C23H28BrNOS/c1-4-25(5-2)14-6-7-15-26-20-12-13-21-22(16-20)27-17(3)23(21)18-8-10-19(24)11-9-18/h8-13,16H,4-7,14-15H2,1-3H3. The molecule has 0 bridgehead atoms. The summed E-state index contributed by atoms with van der Waals surface area (Å²) in [5.74, 6) is 0.981. The molecule has 0 aliphatic rings. The largest absolute Gasteiger partial charge is 0.494 e. The van der Waals surface area contributed by atoms with Crippen LogP contribution < -0.4 is 4.74 Å². The van der Waals surface area contributed by atoms with Gasteiger partial charge in [-0.3, -0.25) is 0 Å². The van der Waals surface area contributed by atoms with Gasteiger partial charge in [0.05, 0.1) is 6.61 Å². The van der Waals surface area contributed by atoms with Crippen LogP contribution in [0.5, 0.6) is 5.75 Å². The summed E-state index contributed by atoms with van der Waals surface area (Å²) in [5.41, 5.74) is 2.61. The second-order valence-electron chi connectivity index (χ2n) is 6.78. The second-order valence-corrected chi connectivity index (χ2v) is 8.95. The molecule has 1 aromatic heterocycles. The van der Waals surface area contributed by atoms with Crippen molar-refractivity contribution in [3.8, 4) is 16.9 Å². The number of ether oxygens (including phenoxy) is 1. The maximum Gasteiger partial charge on any atom is 0.120 e. The predicted molar refractivity (Wildman–Crippen MR) is 122 cm³/mol. The summed E-state index contributed by atoms with van der Waals surface area (Å²) in [6.07, 6.45) is 2.29. The van der Waals surface area contributed by atoms with Crippen molar-refractivity contribution in [2.24, 2.45) is 0 Å². The van der Waals surface area contributed by atoms with Crippen molar-refractivity contribution in [3.63, 3.8) is 0 Å². The van der Waals surface area contributed by atoms with Crippen molar-refractivity contribution >= 4 is 37.4 Å². The molecule has 3 rings (SSSR count). The number of halogens is 1. The molecule has 0 atom stereocenters. The smallest absolute Gasteiger partial charge is 0.120 e. The normalized spacial score (nSPS) is 11.4. The first-order chi connectivity index (χ1) is 13.1. The molecule has 1 heterocycles. The van der Waals surface area contributed by atoms with E-state index in [0.717, 1.165) is 42.9 Å². The fourth-order valence-corrected chi connectivity index (χ4v) is 4.81. The molecule has 0 radical (unpaired) electrons. The molecular formula is C23H28BrNOS. The molecule has 0 fully saturated rings. The molecular weight excluding hydrogens is 418 g/mol. The maximum atomic E-state index is 6.02. The van der Waals surface area contributed by atoms with Crippen molar-refractivity contribution in [1.29, 1.82) is 0 Å². The lowest BCUT2D eigenvalue weighted by Gasteiger charge is -2.17. The van der Waals surface area contributed by atoms with Crippen LogP contribution in [-0.4, -0.2) is 31.1 Å². The molecule has 0 unspecified atom stereocenters. The lowest BCUT2D eigenvalue weighted by atomic mass is 10.0. The van der Waals surface area contributed by atoms with Gasteiger partial charge in [-0.2, -0.15) is 0 Å². The Kier molecular flexibility index (Phi) is 7.33. The fraction of sp³-hybridized carbons (Fsp3) is 0.391. The topological polar surface area (TPSA) is 12.5 Å². The number of rotatable bonds is 9. The quantitative estimate of drug-likeness (QED) is 0.324. The summed E-state index contributed by atoms with van der Waals surface area (Å²) < 4.78 is 8.42. The highest BCUT2D eigenvalue weighted by atomic mass is 79.9. The lowest BCUT2D eigenvalue weighted by molar-refractivity contribution is 0.266. The molecule has 0 aliphatic heterocycles. The van der Waals surface area contributed by atoms with Gasteiger partial charge in [-0.05, 0) is 75.3 Å². The van der Waals surface area contributed by atoms with Crippen molar-refractivity contribution in [1.82, 2.24) is 4.90 Å². The molecule has 3 aromatic rings. The van der Waals surface area contributed by atoms with Crippen molar-refractivity contribution in [2.45, 2.75) is 33.6 Å². The molecule has 0 spiro atoms. The van der Waals surface area contributed by atoms with E-state index in [9.17, 15) is 0 Å². The Hall–Kier alpha value is -1.36. The number of fused-ring (bicyclic) bond motifs is 1. The van der Waals surface area contributed by atoms with Gasteiger partial charge in [-0.25, -0.2) is 0 Å². The third kappa shape index (κ3) is 5.13. The molecule has 144 valence electrons. The second kappa shape index (κ2) is 9.72. The van der Waals surface area contributed by atoms with E-state index in [1.54, 1.807) is 0 Å². The molecule has 27 heavy (non-hydrogen) atoms. The van der Waals surface area contributed by atoms with E-state index in [2.05, 4.69) is 84.1 Å². The summed E-state index contributed by atoms with van der Waals surface area (Å²) in [6.45, 7) is 10.9. The van der Waals surface area contributed by atoms with Crippen molar-refractivity contribution in [3.05, 3.63) is 51.8 Å². The SMILES string of the molecule is CCN(CC)CCCCOc1ccc2c(-c3ccc(Br)cc3)c(C)sc2c1. The summed E-state index contributed by atoms with van der Waals surface area (Å²) in [5, 5.41) is 1.31. The minimum absolute atomic E-state index is 0.788. The predicted octanol–water partition coefficient (Wildman–Crippen LogP) is 7.14. The number of thiophene rings is 1. The van der Waals surface area contributed by atoms with Gasteiger partial charge < -0.3 is 9.64 Å². The van der Waals surface area contributed by atoms with Crippen LogP contribution in [0, 0.1) is 6.92 Å². The number of unbranched alkanes of at least 4 members (excludes halogenated alkanes) is 1. The number of benzene rings is 2. The molecule has 0 aliphatic carbocycles. The summed E-state index contributed by atoms with van der Waals surface area (Å²) in [6, 6.07) is 15.1. The average Bonchev–Trinajstić information content (AvgIpc) is 3.00. The van der Waals surface area contributed by atoms with Gasteiger partial charge in [0.15, 0.2) is 0 Å². The van der Waals surface area contributed by atoms with E-state index in [-0.39, 0.29) is 0 Å². The van der Waals surface area contributed by atoms with Gasteiger partial charge in [0, 0.05) is 25.0 Å². The first kappa shape index (κ1) is 20.4. The fourth-order valence-electron chi connectivity index (χ4n) is 3.43. The third-order valence-corrected chi connectivity index (χ3v) is 6.60. The van der Waals surface area contributed by atoms with Crippen LogP contribution in [0.1, 0.15) is 31.6 Å². The van der Waals surface area contributed by atoms with Crippen LogP contribution in [0.4, 0.5) is 0 Å². The zero-order valence-corrected chi connectivity index (χ0v) is 18.8. The molecule has 0 saturated heterocycles. The van der Waals surface area contributed by atoms with Crippen LogP contribution in [-0.2, 0) is 0 Å². The minimum atomic E-state index is 0.788. The Bertz CT molecular complexity index is 868. The Morgan fingerprint density at radius 3 is 2.44 bits per heavy atom. The number of hydrogen-bond acceptors (Lipinski definition) is 3. The highest BCUT2D eigenvalue weighted by Crippen LogP contribution is 2.40. The maximum absolute atomic E-state index is 6.02. The summed E-state index contributed by atoms with van der Waals surface area (Å²) >= 11 is 5.37. The molecule has 2 aromatic carbocycles. The van der Waals surface area contributed by atoms with E-state index in [1.807, 2.05) is 11.3 Å². The van der Waals surface area contributed by atoms with E-state index >= 15 is 0 Å². The molecule has 0 saturated carbocycles. The van der Waals surface area contributed by atoms with Crippen LogP contribution in [0.2, 0.25) is 0 Å². The summed E-state index contributed by atoms with van der Waals surface area (Å²) in [7, 11) is 0. The Morgan fingerprint density at radius 1 is 1.00 bits per heavy atom.